The van der Waals surface area contributed by atoms with E-state index in [4.69, 9.17) is 0 Å². The number of piperazine rings is 1. The third-order valence-electron chi connectivity index (χ3n) is 3.76. The largest absolute Gasteiger partial charge is 0.312 e. The summed E-state index contributed by atoms with van der Waals surface area (Å²) in [5, 5.41) is 4.12. The van der Waals surface area contributed by atoms with E-state index in [1.54, 1.807) is 22.6 Å². The van der Waals surface area contributed by atoms with Crippen molar-refractivity contribution in [1.82, 2.24) is 14.6 Å². The molecule has 0 amide bonds. The highest BCUT2D eigenvalue weighted by Gasteiger charge is 2.30. The van der Waals surface area contributed by atoms with Gasteiger partial charge in [0.1, 0.15) is 4.90 Å². The van der Waals surface area contributed by atoms with Gasteiger partial charge in [0, 0.05) is 37.3 Å². The number of aryl methyl sites for hydroxylation is 1. The normalized spacial score (nSPS) is 20.8. The zero-order valence-corrected chi connectivity index (χ0v) is 13.0. The van der Waals surface area contributed by atoms with Crippen LogP contribution in [0.2, 0.25) is 0 Å². The first kappa shape index (κ1) is 14.4. The van der Waals surface area contributed by atoms with Crippen molar-refractivity contribution in [2.75, 3.05) is 19.6 Å². The van der Waals surface area contributed by atoms with Crippen LogP contribution in [0.25, 0.3) is 10.9 Å². The summed E-state index contributed by atoms with van der Waals surface area (Å²) in [5.74, 6) is 0. The van der Waals surface area contributed by atoms with Crippen molar-refractivity contribution in [1.29, 1.82) is 0 Å². The monoisotopic (exact) mass is 305 g/mol. The Morgan fingerprint density at radius 3 is 2.95 bits per heavy atom. The van der Waals surface area contributed by atoms with Gasteiger partial charge in [0.25, 0.3) is 0 Å². The SMILES string of the molecule is Cc1cnc2c(S(=O)(=O)N3CCNC(C)C3)cccc2c1. The molecule has 1 aliphatic rings. The second kappa shape index (κ2) is 5.36. The van der Waals surface area contributed by atoms with Gasteiger partial charge in [-0.05, 0) is 31.5 Å². The van der Waals surface area contributed by atoms with E-state index >= 15 is 0 Å². The summed E-state index contributed by atoms with van der Waals surface area (Å²) in [5.41, 5.74) is 1.57. The highest BCUT2D eigenvalue weighted by atomic mass is 32.2. The van der Waals surface area contributed by atoms with Crippen molar-refractivity contribution in [3.8, 4) is 0 Å². The summed E-state index contributed by atoms with van der Waals surface area (Å²) < 4.78 is 27.3. The van der Waals surface area contributed by atoms with E-state index in [1.165, 1.54) is 0 Å². The number of aromatic nitrogens is 1. The lowest BCUT2D eigenvalue weighted by Crippen LogP contribution is -2.51. The third kappa shape index (κ3) is 2.66. The molecule has 1 saturated heterocycles. The van der Waals surface area contributed by atoms with Gasteiger partial charge in [-0.15, -0.1) is 0 Å². The highest BCUT2D eigenvalue weighted by molar-refractivity contribution is 7.89. The molecule has 0 bridgehead atoms. The van der Waals surface area contributed by atoms with Gasteiger partial charge in [-0.3, -0.25) is 4.98 Å². The third-order valence-corrected chi connectivity index (χ3v) is 5.66. The molecule has 21 heavy (non-hydrogen) atoms. The zero-order chi connectivity index (χ0) is 15.0. The fourth-order valence-corrected chi connectivity index (χ4v) is 4.40. The van der Waals surface area contributed by atoms with Gasteiger partial charge in [-0.2, -0.15) is 4.31 Å². The van der Waals surface area contributed by atoms with Crippen LogP contribution >= 0.6 is 0 Å². The van der Waals surface area contributed by atoms with E-state index in [1.807, 2.05) is 26.0 Å². The summed E-state index contributed by atoms with van der Waals surface area (Å²) in [6.45, 7) is 5.61. The topological polar surface area (TPSA) is 62.3 Å². The van der Waals surface area contributed by atoms with Crippen LogP contribution in [0, 0.1) is 6.92 Å². The van der Waals surface area contributed by atoms with Crippen LogP contribution in [0.1, 0.15) is 12.5 Å². The minimum atomic E-state index is -3.50. The van der Waals surface area contributed by atoms with Crippen LogP contribution in [0.5, 0.6) is 0 Å². The fraction of sp³-hybridized carbons (Fsp3) is 0.400. The molecule has 1 atom stereocenters. The van der Waals surface area contributed by atoms with Crippen LogP contribution in [-0.2, 0) is 10.0 Å². The molecule has 1 aromatic carbocycles. The summed E-state index contributed by atoms with van der Waals surface area (Å²) in [6.07, 6.45) is 1.71. The molecule has 0 aliphatic carbocycles. The van der Waals surface area contributed by atoms with E-state index in [0.29, 0.717) is 30.0 Å². The minimum Gasteiger partial charge on any atom is -0.312 e. The molecule has 1 aliphatic heterocycles. The molecule has 3 rings (SSSR count). The van der Waals surface area contributed by atoms with Gasteiger partial charge in [0.05, 0.1) is 5.52 Å². The van der Waals surface area contributed by atoms with E-state index in [2.05, 4.69) is 10.3 Å². The number of nitrogens with one attached hydrogen (secondary N) is 1. The molecule has 0 radical (unpaired) electrons. The van der Waals surface area contributed by atoms with E-state index in [-0.39, 0.29) is 6.04 Å². The first-order valence-electron chi connectivity index (χ1n) is 7.07. The predicted octanol–water partition coefficient (Wildman–Crippen LogP) is 1.53. The average Bonchev–Trinajstić information content (AvgIpc) is 2.46. The number of nitrogens with zero attached hydrogens (tertiary/aromatic N) is 2. The Morgan fingerprint density at radius 2 is 2.19 bits per heavy atom. The summed E-state index contributed by atoms with van der Waals surface area (Å²) in [4.78, 5) is 4.64. The van der Waals surface area contributed by atoms with Crippen molar-refractivity contribution in [3.05, 3.63) is 36.0 Å². The molecule has 2 aromatic rings. The number of hydrogen-bond acceptors (Lipinski definition) is 4. The van der Waals surface area contributed by atoms with Crippen LogP contribution in [-0.4, -0.2) is 43.4 Å². The van der Waals surface area contributed by atoms with Gasteiger partial charge >= 0.3 is 0 Å². The lowest BCUT2D eigenvalue weighted by molar-refractivity contribution is 0.310. The quantitative estimate of drug-likeness (QED) is 0.914. The molecule has 2 heterocycles. The Morgan fingerprint density at radius 1 is 1.38 bits per heavy atom. The molecular formula is C15H19N3O2S. The number of fused-ring (bicyclic) bond motifs is 1. The van der Waals surface area contributed by atoms with Gasteiger partial charge in [-0.1, -0.05) is 12.1 Å². The molecule has 5 nitrogen and oxygen atoms in total. The number of hydrogen-bond donors (Lipinski definition) is 1. The van der Waals surface area contributed by atoms with Crippen LogP contribution in [0.4, 0.5) is 0 Å². The number of para-hydroxylation sites is 1. The maximum absolute atomic E-state index is 12.9. The van der Waals surface area contributed by atoms with Gasteiger partial charge in [0.2, 0.25) is 10.0 Å². The minimum absolute atomic E-state index is 0.165. The predicted molar refractivity (Wildman–Crippen MR) is 82.7 cm³/mol. The van der Waals surface area contributed by atoms with Crippen molar-refractivity contribution < 1.29 is 8.42 Å². The Labute approximate surface area is 125 Å². The van der Waals surface area contributed by atoms with E-state index in [0.717, 1.165) is 10.9 Å². The molecule has 1 fully saturated rings. The van der Waals surface area contributed by atoms with Gasteiger partial charge in [0.15, 0.2) is 0 Å². The average molecular weight is 305 g/mol. The van der Waals surface area contributed by atoms with Gasteiger partial charge in [-0.25, -0.2) is 8.42 Å². The Bertz CT molecular complexity index is 774. The molecule has 1 aromatic heterocycles. The van der Waals surface area contributed by atoms with Crippen LogP contribution in [0.15, 0.2) is 35.4 Å². The molecule has 1 N–H and O–H groups in total. The highest BCUT2D eigenvalue weighted by Crippen LogP contribution is 2.25. The van der Waals surface area contributed by atoms with Crippen LogP contribution in [0.3, 0.4) is 0 Å². The number of pyridine rings is 1. The molecule has 6 heteroatoms. The number of benzene rings is 1. The zero-order valence-electron chi connectivity index (χ0n) is 12.2. The van der Waals surface area contributed by atoms with E-state index in [9.17, 15) is 8.42 Å². The second-order valence-electron chi connectivity index (χ2n) is 5.56. The summed E-state index contributed by atoms with van der Waals surface area (Å²) >= 11 is 0. The lowest BCUT2D eigenvalue weighted by atomic mass is 10.2. The second-order valence-corrected chi connectivity index (χ2v) is 7.47. The van der Waals surface area contributed by atoms with Gasteiger partial charge < -0.3 is 5.32 Å². The smallest absolute Gasteiger partial charge is 0.245 e. The van der Waals surface area contributed by atoms with Crippen LogP contribution < -0.4 is 5.32 Å². The molecule has 112 valence electrons. The fourth-order valence-electron chi connectivity index (χ4n) is 2.71. The Kier molecular flexibility index (Phi) is 3.69. The lowest BCUT2D eigenvalue weighted by Gasteiger charge is -2.31. The standard InChI is InChI=1S/C15H19N3O2S/c1-11-8-13-4-3-5-14(15(13)17-9-11)21(19,20)18-7-6-16-12(2)10-18/h3-5,8-9,12,16H,6-7,10H2,1-2H3. The first-order valence-corrected chi connectivity index (χ1v) is 8.51. The van der Waals surface area contributed by atoms with Crippen molar-refractivity contribution in [3.63, 3.8) is 0 Å². The van der Waals surface area contributed by atoms with Crippen molar-refractivity contribution in [2.24, 2.45) is 0 Å². The van der Waals surface area contributed by atoms with E-state index < -0.39 is 10.0 Å². The Hall–Kier alpha value is -1.50. The molecule has 0 saturated carbocycles. The Balaban J connectivity index is 2.10. The molecule has 1 unspecified atom stereocenters. The number of sulfonamides is 1. The summed E-state index contributed by atoms with van der Waals surface area (Å²) in [6, 6.07) is 7.45. The molecule has 0 spiro atoms. The number of rotatable bonds is 2. The van der Waals surface area contributed by atoms with Crippen molar-refractivity contribution >= 4 is 20.9 Å². The first-order chi connectivity index (χ1) is 9.98. The molecular weight excluding hydrogens is 286 g/mol. The maximum atomic E-state index is 12.9. The summed E-state index contributed by atoms with van der Waals surface area (Å²) in [7, 11) is -3.50. The van der Waals surface area contributed by atoms with Crippen molar-refractivity contribution in [2.45, 2.75) is 24.8 Å². The maximum Gasteiger partial charge on any atom is 0.245 e.